The van der Waals surface area contributed by atoms with Crippen LogP contribution in [0.1, 0.15) is 42.7 Å². The van der Waals surface area contributed by atoms with Gasteiger partial charge in [-0.1, -0.05) is 42.7 Å². The van der Waals surface area contributed by atoms with Crippen molar-refractivity contribution in [2.75, 3.05) is 18.4 Å². The zero-order valence-electron chi connectivity index (χ0n) is 17.6. The van der Waals surface area contributed by atoms with Crippen molar-refractivity contribution < 1.29 is 9.18 Å². The summed E-state index contributed by atoms with van der Waals surface area (Å²) in [5, 5.41) is 15.3. The number of likely N-dealkylation sites (tertiary alicyclic amines) is 1. The first-order valence-electron chi connectivity index (χ1n) is 11.0. The van der Waals surface area contributed by atoms with E-state index in [4.69, 9.17) is 0 Å². The number of nitrogens with zero attached hydrogens (tertiary/aromatic N) is 4. The van der Waals surface area contributed by atoms with Crippen molar-refractivity contribution in [3.8, 4) is 10.6 Å². The molecule has 2 aliphatic rings. The summed E-state index contributed by atoms with van der Waals surface area (Å²) in [5.41, 5.74) is 1.93. The third-order valence-electron chi connectivity index (χ3n) is 6.28. The highest BCUT2D eigenvalue weighted by Gasteiger charge is 2.28. The van der Waals surface area contributed by atoms with Gasteiger partial charge in [-0.2, -0.15) is 0 Å². The maximum absolute atomic E-state index is 13.5. The average molecular weight is 440 g/mol. The molecule has 2 fully saturated rings. The molecule has 3 aromatic rings. The fourth-order valence-corrected chi connectivity index (χ4v) is 5.21. The predicted molar refractivity (Wildman–Crippen MR) is 121 cm³/mol. The predicted octanol–water partition coefficient (Wildman–Crippen LogP) is 4.73. The van der Waals surface area contributed by atoms with Crippen LogP contribution in [0.15, 0.2) is 24.4 Å². The van der Waals surface area contributed by atoms with Crippen LogP contribution in [0, 0.1) is 12.8 Å². The molecule has 6 nitrogen and oxygen atoms in total. The fourth-order valence-electron chi connectivity index (χ4n) is 4.53. The number of rotatable bonds is 5. The Kier molecular flexibility index (Phi) is 5.67. The van der Waals surface area contributed by atoms with E-state index in [-0.39, 0.29) is 11.8 Å². The minimum Gasteiger partial charge on any atom is -0.310 e. The van der Waals surface area contributed by atoms with Gasteiger partial charge in [0.25, 0.3) is 0 Å². The molecule has 1 saturated carbocycles. The van der Waals surface area contributed by atoms with E-state index < -0.39 is 6.17 Å². The van der Waals surface area contributed by atoms with Crippen LogP contribution in [-0.2, 0) is 11.3 Å². The number of alkyl halides is 1. The number of aromatic nitrogens is 3. The van der Waals surface area contributed by atoms with E-state index in [2.05, 4.69) is 31.5 Å². The monoisotopic (exact) mass is 439 g/mol. The topological polar surface area (TPSA) is 71.0 Å². The highest BCUT2D eigenvalue weighted by atomic mass is 32.1. The summed E-state index contributed by atoms with van der Waals surface area (Å²) in [6, 6.07) is 6.14. The van der Waals surface area contributed by atoms with Crippen molar-refractivity contribution in [2.45, 2.75) is 51.7 Å². The van der Waals surface area contributed by atoms with Crippen LogP contribution >= 0.6 is 11.3 Å². The van der Waals surface area contributed by atoms with Crippen molar-refractivity contribution in [3.63, 3.8) is 0 Å². The number of carbonyl (C=O) groups excluding carboxylic acids is 1. The first kappa shape index (κ1) is 20.5. The van der Waals surface area contributed by atoms with Crippen LogP contribution in [0.3, 0.4) is 0 Å². The number of benzene rings is 1. The molecule has 2 aromatic heterocycles. The highest BCUT2D eigenvalue weighted by Crippen LogP contribution is 2.33. The van der Waals surface area contributed by atoms with Gasteiger partial charge >= 0.3 is 0 Å². The van der Waals surface area contributed by atoms with E-state index in [1.165, 1.54) is 6.42 Å². The third kappa shape index (κ3) is 4.32. The average Bonchev–Trinajstić information content (AvgIpc) is 3.20. The number of amides is 1. The molecule has 0 atom stereocenters. The fraction of sp³-hybridized carbons (Fsp3) is 0.478. The molecule has 1 N–H and O–H groups in total. The summed E-state index contributed by atoms with van der Waals surface area (Å²) in [6.07, 6.45) is 6.31. The molecule has 1 amide bonds. The summed E-state index contributed by atoms with van der Waals surface area (Å²) in [4.78, 5) is 19.6. The smallest absolute Gasteiger partial charge is 0.228 e. The Morgan fingerprint density at radius 3 is 2.74 bits per heavy atom. The molecule has 0 radical (unpaired) electrons. The van der Waals surface area contributed by atoms with Gasteiger partial charge < -0.3 is 5.32 Å². The van der Waals surface area contributed by atoms with Crippen molar-refractivity contribution in [1.29, 1.82) is 0 Å². The van der Waals surface area contributed by atoms with Crippen molar-refractivity contribution in [3.05, 3.63) is 35.0 Å². The molecule has 1 aromatic carbocycles. The molecular weight excluding hydrogens is 413 g/mol. The second-order valence-corrected chi connectivity index (χ2v) is 9.81. The van der Waals surface area contributed by atoms with Crippen LogP contribution in [0.5, 0.6) is 0 Å². The van der Waals surface area contributed by atoms with Gasteiger partial charge in [0.1, 0.15) is 22.0 Å². The number of pyridine rings is 1. The maximum Gasteiger partial charge on any atom is 0.228 e. The summed E-state index contributed by atoms with van der Waals surface area (Å²) < 4.78 is 13.5. The lowest BCUT2D eigenvalue weighted by Crippen LogP contribution is -2.47. The van der Waals surface area contributed by atoms with Gasteiger partial charge in [0.05, 0.1) is 0 Å². The number of carbonyl (C=O) groups is 1. The lowest BCUT2D eigenvalue weighted by molar-refractivity contribution is -0.120. The molecule has 3 heterocycles. The quantitative estimate of drug-likeness (QED) is 0.622. The van der Waals surface area contributed by atoms with E-state index in [0.29, 0.717) is 25.5 Å². The van der Waals surface area contributed by atoms with Crippen molar-refractivity contribution in [2.24, 2.45) is 5.92 Å². The van der Waals surface area contributed by atoms with Crippen molar-refractivity contribution >= 4 is 33.8 Å². The van der Waals surface area contributed by atoms with Crippen LogP contribution in [0.2, 0.25) is 0 Å². The lowest BCUT2D eigenvalue weighted by Gasteiger charge is -2.35. The molecule has 0 unspecified atom stereocenters. The third-order valence-corrected chi connectivity index (χ3v) is 7.17. The zero-order valence-corrected chi connectivity index (χ0v) is 18.4. The minimum absolute atomic E-state index is 0.0500. The van der Waals surface area contributed by atoms with Gasteiger partial charge in [-0.25, -0.2) is 9.37 Å². The Bertz CT molecular complexity index is 1100. The van der Waals surface area contributed by atoms with Gasteiger partial charge in [0.15, 0.2) is 0 Å². The maximum atomic E-state index is 13.5. The first-order chi connectivity index (χ1) is 15.1. The molecule has 1 aliphatic heterocycles. The standard InChI is InChI=1S/C23H26FN5OS/c1-14-27-28-23(31-14)16-7-8-17-10-25-21(26-22(30)15-5-3-2-4-6-15)20(19(17)9-16)13-29-11-18(24)12-29/h7-10,15,18H,2-6,11-13H2,1H3,(H,25,26,30). The zero-order chi connectivity index (χ0) is 21.4. The number of hydrogen-bond donors (Lipinski definition) is 1. The molecule has 1 saturated heterocycles. The largest absolute Gasteiger partial charge is 0.310 e. The SMILES string of the molecule is Cc1nnc(-c2ccc3cnc(NC(=O)C4CCCCC4)c(CN4CC(F)C4)c3c2)s1. The number of nitrogens with one attached hydrogen (secondary N) is 1. The molecule has 1 aliphatic carbocycles. The molecule has 0 spiro atoms. The van der Waals surface area contributed by atoms with E-state index in [0.717, 1.165) is 57.6 Å². The normalized spacial score (nSPS) is 18.3. The summed E-state index contributed by atoms with van der Waals surface area (Å²) in [5.74, 6) is 0.695. The minimum atomic E-state index is -0.775. The van der Waals surface area contributed by atoms with Gasteiger partial charge in [-0.3, -0.25) is 9.69 Å². The van der Waals surface area contributed by atoms with E-state index in [9.17, 15) is 9.18 Å². The van der Waals surface area contributed by atoms with Crippen LogP contribution < -0.4 is 5.32 Å². The summed E-state index contributed by atoms with van der Waals surface area (Å²) in [7, 11) is 0. The van der Waals surface area contributed by atoms with Crippen molar-refractivity contribution in [1.82, 2.24) is 20.1 Å². The van der Waals surface area contributed by atoms with Crippen LogP contribution in [0.4, 0.5) is 10.2 Å². The Morgan fingerprint density at radius 2 is 2.03 bits per heavy atom. The van der Waals surface area contributed by atoms with E-state index in [1.54, 1.807) is 17.5 Å². The van der Waals surface area contributed by atoms with Crippen LogP contribution in [-0.4, -0.2) is 45.2 Å². The Balaban J connectivity index is 1.52. The number of aryl methyl sites for hydroxylation is 1. The molecule has 162 valence electrons. The van der Waals surface area contributed by atoms with Gasteiger partial charge in [0.2, 0.25) is 5.91 Å². The molecule has 31 heavy (non-hydrogen) atoms. The Morgan fingerprint density at radius 1 is 1.23 bits per heavy atom. The number of anilines is 1. The second kappa shape index (κ2) is 8.59. The highest BCUT2D eigenvalue weighted by molar-refractivity contribution is 7.14. The summed E-state index contributed by atoms with van der Waals surface area (Å²) >= 11 is 1.55. The van der Waals surface area contributed by atoms with Gasteiger partial charge in [0, 0.05) is 48.3 Å². The Hall–Kier alpha value is -2.45. The summed E-state index contributed by atoms with van der Waals surface area (Å²) in [6.45, 7) is 3.33. The van der Waals surface area contributed by atoms with Crippen LogP contribution in [0.25, 0.3) is 21.3 Å². The number of hydrogen-bond acceptors (Lipinski definition) is 6. The Labute approximate surface area is 184 Å². The van der Waals surface area contributed by atoms with E-state index in [1.807, 2.05) is 19.1 Å². The molecule has 8 heteroatoms. The second-order valence-electron chi connectivity index (χ2n) is 8.63. The molecular formula is C23H26FN5OS. The number of fused-ring (bicyclic) bond motifs is 1. The van der Waals surface area contributed by atoms with Gasteiger partial charge in [-0.05, 0) is 31.2 Å². The van der Waals surface area contributed by atoms with E-state index >= 15 is 0 Å². The molecule has 5 rings (SSSR count). The first-order valence-corrected chi connectivity index (χ1v) is 11.8. The lowest BCUT2D eigenvalue weighted by atomic mass is 9.88. The van der Waals surface area contributed by atoms with Gasteiger partial charge in [-0.15, -0.1) is 10.2 Å². The number of halogens is 1. The molecule has 0 bridgehead atoms.